The van der Waals surface area contributed by atoms with E-state index in [4.69, 9.17) is 22.1 Å². The maximum absolute atomic E-state index is 12.1. The molecule has 0 aromatic heterocycles. The topological polar surface area (TPSA) is 68.9 Å². The fourth-order valence-electron chi connectivity index (χ4n) is 2.56. The van der Waals surface area contributed by atoms with Crippen LogP contribution in [0.15, 0.2) is 41.4 Å². The maximum atomic E-state index is 12.1. The summed E-state index contributed by atoms with van der Waals surface area (Å²) in [5.41, 5.74) is 8.17. The van der Waals surface area contributed by atoms with Gasteiger partial charge in [-0.15, -0.1) is 37.1 Å². The van der Waals surface area contributed by atoms with Gasteiger partial charge in [-0.2, -0.15) is 0 Å². The Morgan fingerprint density at radius 1 is 1.26 bits per heavy atom. The van der Waals surface area contributed by atoms with Gasteiger partial charge in [0.1, 0.15) is 11.5 Å². The van der Waals surface area contributed by atoms with Crippen LogP contribution >= 0.6 is 35.6 Å². The summed E-state index contributed by atoms with van der Waals surface area (Å²) in [6, 6.07) is 8.81. The summed E-state index contributed by atoms with van der Waals surface area (Å²) >= 11 is 6.09. The molecule has 10 heteroatoms. The average molecular weight is 514 g/mol. The van der Waals surface area contributed by atoms with E-state index in [1.165, 1.54) is 24.3 Å². The van der Waals surface area contributed by atoms with E-state index >= 15 is 0 Å². The number of nitrogens with zero attached hydrogens (tertiary/aromatic N) is 1. The second-order valence-electron chi connectivity index (χ2n) is 5.55. The number of nitrogens with two attached hydrogens (primary N) is 1. The van der Waals surface area contributed by atoms with Crippen LogP contribution in [-0.4, -0.2) is 18.9 Å². The summed E-state index contributed by atoms with van der Waals surface area (Å²) in [6.07, 6.45) is -3.93. The van der Waals surface area contributed by atoms with E-state index in [-0.39, 0.29) is 42.2 Å². The molecule has 0 fully saturated rings. The lowest BCUT2D eigenvalue weighted by Gasteiger charge is -2.10. The van der Waals surface area contributed by atoms with Crippen molar-refractivity contribution < 1.29 is 22.6 Å². The van der Waals surface area contributed by atoms with Crippen LogP contribution in [-0.2, 0) is 13.0 Å². The first kappa shape index (κ1) is 21.4. The molecule has 3 rings (SSSR count). The normalized spacial score (nSPS) is 13.4. The number of aliphatic imine (C=N–C) groups is 1. The highest BCUT2D eigenvalue weighted by Gasteiger charge is 2.30. The number of hydrogen-bond acceptors (Lipinski definition) is 3. The van der Waals surface area contributed by atoms with Crippen molar-refractivity contribution in [3.05, 3.63) is 52.5 Å². The first-order chi connectivity index (χ1) is 12.3. The van der Waals surface area contributed by atoms with Crippen LogP contribution < -0.4 is 20.5 Å². The molecule has 2 aromatic rings. The van der Waals surface area contributed by atoms with Crippen molar-refractivity contribution in [1.82, 2.24) is 0 Å². The third-order valence-corrected chi connectivity index (χ3v) is 3.82. The lowest BCUT2D eigenvalue weighted by atomic mass is 10.1. The van der Waals surface area contributed by atoms with E-state index in [1.54, 1.807) is 6.07 Å². The fourth-order valence-corrected chi connectivity index (χ4v) is 2.82. The van der Waals surface area contributed by atoms with E-state index in [2.05, 4.69) is 15.0 Å². The van der Waals surface area contributed by atoms with E-state index in [0.717, 1.165) is 23.3 Å². The zero-order valence-corrected chi connectivity index (χ0v) is 16.9. The molecule has 27 heavy (non-hydrogen) atoms. The standard InChI is InChI=1S/C17H15ClF3N3O2.HI/c18-12-7-10-5-6-25-15(10)11(8-12)9-23-16(22)24-13-1-3-14(4-2-13)26-17(19,20)21;/h1-4,7-8H,5-6,9H2,(H3,22,23,24);1H. The number of alkyl halides is 3. The second-order valence-corrected chi connectivity index (χ2v) is 5.99. The van der Waals surface area contributed by atoms with Crippen molar-refractivity contribution in [2.75, 3.05) is 11.9 Å². The molecular formula is C17H16ClF3IN3O2. The molecule has 5 nitrogen and oxygen atoms in total. The number of nitrogens with one attached hydrogen (secondary N) is 1. The van der Waals surface area contributed by atoms with E-state index in [1.807, 2.05) is 6.07 Å². The Morgan fingerprint density at radius 2 is 1.96 bits per heavy atom. The predicted octanol–water partition coefficient (Wildman–Crippen LogP) is 4.72. The largest absolute Gasteiger partial charge is 0.573 e. The van der Waals surface area contributed by atoms with Crippen LogP contribution in [0.3, 0.4) is 0 Å². The van der Waals surface area contributed by atoms with Gasteiger partial charge in [0, 0.05) is 22.7 Å². The minimum atomic E-state index is -4.73. The molecule has 0 bridgehead atoms. The molecule has 3 N–H and O–H groups in total. The maximum Gasteiger partial charge on any atom is 0.573 e. The van der Waals surface area contributed by atoms with Gasteiger partial charge in [-0.3, -0.25) is 0 Å². The highest BCUT2D eigenvalue weighted by atomic mass is 127. The van der Waals surface area contributed by atoms with E-state index < -0.39 is 6.36 Å². The monoisotopic (exact) mass is 513 g/mol. The van der Waals surface area contributed by atoms with Gasteiger partial charge in [0.2, 0.25) is 0 Å². The predicted molar refractivity (Wildman–Crippen MR) is 108 cm³/mol. The average Bonchev–Trinajstić information content (AvgIpc) is 3.01. The first-order valence-electron chi connectivity index (χ1n) is 7.67. The van der Waals surface area contributed by atoms with Gasteiger partial charge in [-0.25, -0.2) is 4.99 Å². The summed E-state index contributed by atoms with van der Waals surface area (Å²) in [5.74, 6) is 0.575. The number of halogens is 5. The Kier molecular flexibility index (Phi) is 7.04. The zero-order valence-electron chi connectivity index (χ0n) is 13.8. The van der Waals surface area contributed by atoms with Gasteiger partial charge in [0.25, 0.3) is 0 Å². The SMILES string of the molecule is I.NC(=NCc1cc(Cl)cc2c1OCC2)Nc1ccc(OC(F)(F)F)cc1. The van der Waals surface area contributed by atoms with Gasteiger partial charge in [-0.1, -0.05) is 11.6 Å². The smallest absolute Gasteiger partial charge is 0.493 e. The molecule has 1 aliphatic heterocycles. The molecule has 0 saturated carbocycles. The third kappa shape index (κ3) is 6.06. The minimum Gasteiger partial charge on any atom is -0.493 e. The molecule has 1 aliphatic rings. The van der Waals surface area contributed by atoms with Gasteiger partial charge in [0.15, 0.2) is 5.96 Å². The summed E-state index contributed by atoms with van der Waals surface area (Å²) in [7, 11) is 0. The van der Waals surface area contributed by atoms with Crippen molar-refractivity contribution in [3.63, 3.8) is 0 Å². The summed E-state index contributed by atoms with van der Waals surface area (Å²) in [4.78, 5) is 4.22. The number of ether oxygens (including phenoxy) is 2. The summed E-state index contributed by atoms with van der Waals surface area (Å²) in [5, 5.41) is 3.40. The Hall–Kier alpha value is -1.88. The molecule has 1 heterocycles. The molecule has 146 valence electrons. The van der Waals surface area contributed by atoms with Gasteiger partial charge in [0.05, 0.1) is 13.2 Å². The molecular weight excluding hydrogens is 498 g/mol. The minimum absolute atomic E-state index is 0. The van der Waals surface area contributed by atoms with Gasteiger partial charge < -0.3 is 20.5 Å². The second kappa shape index (κ2) is 8.87. The highest BCUT2D eigenvalue weighted by molar-refractivity contribution is 14.0. The zero-order chi connectivity index (χ0) is 18.7. The van der Waals surface area contributed by atoms with Crippen molar-refractivity contribution in [2.24, 2.45) is 10.7 Å². The molecule has 0 unspecified atom stereocenters. The van der Waals surface area contributed by atoms with E-state index in [9.17, 15) is 13.2 Å². The lowest BCUT2D eigenvalue weighted by molar-refractivity contribution is -0.274. The van der Waals surface area contributed by atoms with Gasteiger partial charge >= 0.3 is 6.36 Å². The molecule has 2 aromatic carbocycles. The van der Waals surface area contributed by atoms with Crippen LogP contribution in [0.2, 0.25) is 5.02 Å². The Morgan fingerprint density at radius 3 is 2.63 bits per heavy atom. The van der Waals surface area contributed by atoms with E-state index in [0.29, 0.717) is 17.3 Å². The molecule has 0 atom stereocenters. The molecule has 0 radical (unpaired) electrons. The summed E-state index contributed by atoms with van der Waals surface area (Å²) < 4.78 is 45.8. The van der Waals surface area contributed by atoms with Crippen molar-refractivity contribution >= 4 is 47.2 Å². The van der Waals surface area contributed by atoms with Crippen molar-refractivity contribution in [1.29, 1.82) is 0 Å². The van der Waals surface area contributed by atoms with Crippen LogP contribution in [0.4, 0.5) is 18.9 Å². The number of fused-ring (bicyclic) bond motifs is 1. The fraction of sp³-hybridized carbons (Fsp3) is 0.235. The van der Waals surface area contributed by atoms with Crippen LogP contribution in [0.1, 0.15) is 11.1 Å². The number of anilines is 1. The number of benzene rings is 2. The Bertz CT molecular complexity index is 829. The number of rotatable bonds is 4. The molecule has 0 aliphatic carbocycles. The lowest BCUT2D eigenvalue weighted by Crippen LogP contribution is -2.22. The van der Waals surface area contributed by atoms with Crippen molar-refractivity contribution in [3.8, 4) is 11.5 Å². The number of guanidine groups is 1. The quantitative estimate of drug-likeness (QED) is 0.353. The van der Waals surface area contributed by atoms with Crippen LogP contribution in [0.25, 0.3) is 0 Å². The number of hydrogen-bond donors (Lipinski definition) is 2. The van der Waals surface area contributed by atoms with Crippen LogP contribution in [0, 0.1) is 0 Å². The Balaban J connectivity index is 0.00000261. The van der Waals surface area contributed by atoms with Crippen LogP contribution in [0.5, 0.6) is 11.5 Å². The summed E-state index contributed by atoms with van der Waals surface area (Å²) in [6.45, 7) is 0.865. The first-order valence-corrected chi connectivity index (χ1v) is 8.05. The van der Waals surface area contributed by atoms with Gasteiger partial charge in [-0.05, 0) is 42.0 Å². The van der Waals surface area contributed by atoms with Crippen molar-refractivity contribution in [2.45, 2.75) is 19.3 Å². The third-order valence-electron chi connectivity index (χ3n) is 3.61. The molecule has 0 saturated heterocycles. The molecule has 0 spiro atoms. The highest BCUT2D eigenvalue weighted by Crippen LogP contribution is 2.33. The Labute approximate surface area is 175 Å². The molecule has 0 amide bonds.